The molecule has 1 heterocycles. The van der Waals surface area contributed by atoms with Crippen molar-refractivity contribution in [2.45, 2.75) is 45.1 Å². The van der Waals surface area contributed by atoms with Crippen LogP contribution in [0.3, 0.4) is 0 Å². The average molecular weight is 294 g/mol. The summed E-state index contributed by atoms with van der Waals surface area (Å²) in [5, 5.41) is 7.30. The van der Waals surface area contributed by atoms with Crippen molar-refractivity contribution < 1.29 is 9.59 Å². The standard InChI is InChI=1S/C15H22N2O2S/c18-14(15(19)17-11-13-7-4-10-20-13)16-9-8-12-5-2-1-3-6-12/h4,7,10,12H,1-3,5-6,8-9,11H2,(H,16,18)(H,17,19). The fourth-order valence-corrected chi connectivity index (χ4v) is 3.25. The van der Waals surface area contributed by atoms with Gasteiger partial charge in [0.15, 0.2) is 0 Å². The second-order valence-electron chi connectivity index (χ2n) is 5.31. The molecule has 4 nitrogen and oxygen atoms in total. The van der Waals surface area contributed by atoms with Gasteiger partial charge in [0.1, 0.15) is 0 Å². The molecule has 1 aliphatic rings. The molecule has 5 heteroatoms. The van der Waals surface area contributed by atoms with Gasteiger partial charge in [-0.2, -0.15) is 0 Å². The fraction of sp³-hybridized carbons (Fsp3) is 0.600. The van der Waals surface area contributed by atoms with Gasteiger partial charge in [-0.3, -0.25) is 9.59 Å². The van der Waals surface area contributed by atoms with Gasteiger partial charge in [0.05, 0.1) is 6.54 Å². The Labute approximate surface area is 124 Å². The summed E-state index contributed by atoms with van der Waals surface area (Å²) in [5.41, 5.74) is 0. The first kappa shape index (κ1) is 15.0. The minimum absolute atomic E-state index is 0.423. The third-order valence-corrected chi connectivity index (χ3v) is 4.65. The van der Waals surface area contributed by atoms with Crippen LogP contribution in [0.2, 0.25) is 0 Å². The molecule has 0 radical (unpaired) electrons. The van der Waals surface area contributed by atoms with E-state index in [1.54, 1.807) is 11.3 Å². The monoisotopic (exact) mass is 294 g/mol. The molecular formula is C15H22N2O2S. The molecule has 1 saturated carbocycles. The Balaban J connectivity index is 1.59. The average Bonchev–Trinajstić information content (AvgIpc) is 2.99. The minimum Gasteiger partial charge on any atom is -0.348 e. The first-order chi connectivity index (χ1) is 9.75. The van der Waals surface area contributed by atoms with Gasteiger partial charge in [-0.15, -0.1) is 11.3 Å². The van der Waals surface area contributed by atoms with Crippen molar-refractivity contribution in [2.75, 3.05) is 6.54 Å². The number of thiophene rings is 1. The Morgan fingerprint density at radius 2 is 1.90 bits per heavy atom. The third kappa shape index (κ3) is 4.96. The van der Waals surface area contributed by atoms with E-state index in [0.717, 1.165) is 17.2 Å². The van der Waals surface area contributed by atoms with Crippen molar-refractivity contribution >= 4 is 23.2 Å². The molecule has 110 valence electrons. The minimum atomic E-state index is -0.540. The van der Waals surface area contributed by atoms with Gasteiger partial charge in [0.25, 0.3) is 0 Å². The highest BCUT2D eigenvalue weighted by Gasteiger charge is 2.16. The Hall–Kier alpha value is -1.36. The molecule has 0 aliphatic heterocycles. The molecular weight excluding hydrogens is 272 g/mol. The van der Waals surface area contributed by atoms with E-state index in [2.05, 4.69) is 10.6 Å². The maximum absolute atomic E-state index is 11.6. The highest BCUT2D eigenvalue weighted by molar-refractivity contribution is 7.09. The molecule has 2 amide bonds. The number of carbonyl (C=O) groups is 2. The van der Waals surface area contributed by atoms with Crippen molar-refractivity contribution in [3.8, 4) is 0 Å². The summed E-state index contributed by atoms with van der Waals surface area (Å²) in [5.74, 6) is -0.336. The molecule has 1 aliphatic carbocycles. The smallest absolute Gasteiger partial charge is 0.309 e. The quantitative estimate of drug-likeness (QED) is 0.820. The van der Waals surface area contributed by atoms with Crippen LogP contribution in [-0.2, 0) is 16.1 Å². The zero-order chi connectivity index (χ0) is 14.2. The Morgan fingerprint density at radius 3 is 2.60 bits per heavy atom. The molecule has 0 atom stereocenters. The Kier molecular flexibility index (Phi) is 6.05. The number of carbonyl (C=O) groups excluding carboxylic acids is 2. The van der Waals surface area contributed by atoms with E-state index in [4.69, 9.17) is 0 Å². The molecule has 2 rings (SSSR count). The highest BCUT2D eigenvalue weighted by Crippen LogP contribution is 2.25. The number of amides is 2. The van der Waals surface area contributed by atoms with E-state index in [-0.39, 0.29) is 0 Å². The van der Waals surface area contributed by atoms with Crippen molar-refractivity contribution in [3.05, 3.63) is 22.4 Å². The number of nitrogens with one attached hydrogen (secondary N) is 2. The van der Waals surface area contributed by atoms with Gasteiger partial charge in [0, 0.05) is 11.4 Å². The molecule has 0 bridgehead atoms. The van der Waals surface area contributed by atoms with E-state index >= 15 is 0 Å². The van der Waals surface area contributed by atoms with Crippen molar-refractivity contribution in [2.24, 2.45) is 5.92 Å². The van der Waals surface area contributed by atoms with Crippen LogP contribution in [0.5, 0.6) is 0 Å². The summed E-state index contributed by atoms with van der Waals surface area (Å²) in [6.45, 7) is 1.03. The van der Waals surface area contributed by atoms with Crippen LogP contribution >= 0.6 is 11.3 Å². The zero-order valence-corrected chi connectivity index (χ0v) is 12.5. The van der Waals surface area contributed by atoms with Crippen LogP contribution < -0.4 is 10.6 Å². The maximum Gasteiger partial charge on any atom is 0.309 e. The maximum atomic E-state index is 11.6. The predicted molar refractivity (Wildman–Crippen MR) is 80.4 cm³/mol. The summed E-state index contributed by atoms with van der Waals surface area (Å²) in [4.78, 5) is 24.3. The van der Waals surface area contributed by atoms with E-state index in [1.165, 1.54) is 32.1 Å². The SMILES string of the molecule is O=C(NCCC1CCCCC1)C(=O)NCc1cccs1. The lowest BCUT2D eigenvalue weighted by Gasteiger charge is -2.21. The topological polar surface area (TPSA) is 58.2 Å². The summed E-state index contributed by atoms with van der Waals surface area (Å²) in [6.07, 6.45) is 7.47. The second kappa shape index (κ2) is 8.04. The van der Waals surface area contributed by atoms with Gasteiger partial charge in [-0.1, -0.05) is 38.2 Å². The van der Waals surface area contributed by atoms with Crippen molar-refractivity contribution in [3.63, 3.8) is 0 Å². The number of rotatable bonds is 5. The van der Waals surface area contributed by atoms with E-state index < -0.39 is 11.8 Å². The van der Waals surface area contributed by atoms with E-state index in [9.17, 15) is 9.59 Å². The molecule has 0 spiro atoms. The highest BCUT2D eigenvalue weighted by atomic mass is 32.1. The van der Waals surface area contributed by atoms with Crippen LogP contribution in [-0.4, -0.2) is 18.4 Å². The predicted octanol–water partition coefficient (Wildman–Crippen LogP) is 2.45. The lowest BCUT2D eigenvalue weighted by atomic mass is 9.87. The van der Waals surface area contributed by atoms with E-state index in [0.29, 0.717) is 13.1 Å². The van der Waals surface area contributed by atoms with Crippen LogP contribution in [0.4, 0.5) is 0 Å². The molecule has 1 aromatic heterocycles. The van der Waals surface area contributed by atoms with Crippen LogP contribution in [0.1, 0.15) is 43.4 Å². The Morgan fingerprint density at radius 1 is 1.15 bits per heavy atom. The first-order valence-electron chi connectivity index (χ1n) is 7.34. The van der Waals surface area contributed by atoms with Gasteiger partial charge in [-0.05, 0) is 23.8 Å². The zero-order valence-electron chi connectivity index (χ0n) is 11.7. The lowest BCUT2D eigenvalue weighted by Crippen LogP contribution is -2.40. The summed E-state index contributed by atoms with van der Waals surface area (Å²) in [6, 6.07) is 3.86. The van der Waals surface area contributed by atoms with Crippen molar-refractivity contribution in [1.82, 2.24) is 10.6 Å². The molecule has 0 unspecified atom stereocenters. The van der Waals surface area contributed by atoms with Crippen LogP contribution in [0, 0.1) is 5.92 Å². The van der Waals surface area contributed by atoms with Gasteiger partial charge < -0.3 is 10.6 Å². The first-order valence-corrected chi connectivity index (χ1v) is 8.22. The van der Waals surface area contributed by atoms with Crippen LogP contribution in [0.15, 0.2) is 17.5 Å². The van der Waals surface area contributed by atoms with Gasteiger partial charge in [0.2, 0.25) is 0 Å². The Bertz CT molecular complexity index is 425. The van der Waals surface area contributed by atoms with Crippen molar-refractivity contribution in [1.29, 1.82) is 0 Å². The normalized spacial score (nSPS) is 15.8. The summed E-state index contributed by atoms with van der Waals surface area (Å²) < 4.78 is 0. The molecule has 1 fully saturated rings. The molecule has 2 N–H and O–H groups in total. The van der Waals surface area contributed by atoms with Crippen LogP contribution in [0.25, 0.3) is 0 Å². The van der Waals surface area contributed by atoms with E-state index in [1.807, 2.05) is 17.5 Å². The number of hydrogen-bond donors (Lipinski definition) is 2. The molecule has 0 saturated heterocycles. The third-order valence-electron chi connectivity index (χ3n) is 3.77. The fourth-order valence-electron chi connectivity index (χ4n) is 2.61. The largest absolute Gasteiger partial charge is 0.348 e. The molecule has 0 aromatic carbocycles. The summed E-state index contributed by atoms with van der Waals surface area (Å²) >= 11 is 1.57. The molecule has 1 aromatic rings. The molecule has 20 heavy (non-hydrogen) atoms. The lowest BCUT2D eigenvalue weighted by molar-refractivity contribution is -0.139. The number of hydrogen-bond acceptors (Lipinski definition) is 3. The summed E-state index contributed by atoms with van der Waals surface area (Å²) in [7, 11) is 0. The van der Waals surface area contributed by atoms with Gasteiger partial charge in [-0.25, -0.2) is 0 Å². The second-order valence-corrected chi connectivity index (χ2v) is 6.34. The van der Waals surface area contributed by atoms with Gasteiger partial charge >= 0.3 is 11.8 Å².